The van der Waals surface area contributed by atoms with Gasteiger partial charge in [-0.3, -0.25) is 9.69 Å². The van der Waals surface area contributed by atoms with Crippen LogP contribution in [0.5, 0.6) is 11.5 Å². The summed E-state index contributed by atoms with van der Waals surface area (Å²) in [6.07, 6.45) is 2.65. The Bertz CT molecular complexity index is 1020. The van der Waals surface area contributed by atoms with Crippen LogP contribution in [0.1, 0.15) is 28.5 Å². The highest BCUT2D eigenvalue weighted by molar-refractivity contribution is 7.15. The molecule has 0 unspecified atom stereocenters. The second-order valence-electron chi connectivity index (χ2n) is 7.44. The zero-order chi connectivity index (χ0) is 22.2. The molecule has 0 bridgehead atoms. The summed E-state index contributed by atoms with van der Waals surface area (Å²) in [5, 5.41) is 3.54. The highest BCUT2D eigenvalue weighted by Gasteiger charge is 2.12. The smallest absolute Gasteiger partial charge is 0.240 e. The van der Waals surface area contributed by atoms with Crippen LogP contribution in [0.4, 0.5) is 5.13 Å². The van der Waals surface area contributed by atoms with Gasteiger partial charge in [-0.15, -0.1) is 11.3 Å². The number of amides is 1. The van der Waals surface area contributed by atoms with Crippen molar-refractivity contribution in [2.45, 2.75) is 26.8 Å². The number of rotatable bonds is 10. The zero-order valence-corrected chi connectivity index (χ0v) is 19.3. The molecule has 1 amide bonds. The number of anilines is 1. The largest absolute Gasteiger partial charge is 0.493 e. The lowest BCUT2D eigenvalue weighted by atomic mass is 10.1. The zero-order valence-electron chi connectivity index (χ0n) is 18.5. The Morgan fingerprint density at radius 2 is 2.00 bits per heavy atom. The lowest BCUT2D eigenvalue weighted by molar-refractivity contribution is -0.117. The first-order chi connectivity index (χ1) is 15.0. The van der Waals surface area contributed by atoms with Crippen molar-refractivity contribution in [1.82, 2.24) is 9.88 Å². The number of carbonyl (C=O) groups excluding carboxylic acids is 1. The van der Waals surface area contributed by atoms with E-state index in [1.807, 2.05) is 43.3 Å². The summed E-state index contributed by atoms with van der Waals surface area (Å²) < 4.78 is 11.0. The maximum Gasteiger partial charge on any atom is 0.240 e. The molecule has 3 aromatic rings. The van der Waals surface area contributed by atoms with Gasteiger partial charge in [0.1, 0.15) is 0 Å². The average molecular weight is 440 g/mol. The monoisotopic (exact) mass is 439 g/mol. The molecule has 0 atom stereocenters. The van der Waals surface area contributed by atoms with Crippen LogP contribution in [0.2, 0.25) is 0 Å². The van der Waals surface area contributed by atoms with Crippen molar-refractivity contribution < 1.29 is 14.3 Å². The van der Waals surface area contributed by atoms with Crippen molar-refractivity contribution in [3.05, 3.63) is 70.2 Å². The molecular formula is C24H29N3O3S. The lowest BCUT2D eigenvalue weighted by Gasteiger charge is -2.17. The van der Waals surface area contributed by atoms with Gasteiger partial charge >= 0.3 is 0 Å². The van der Waals surface area contributed by atoms with Crippen LogP contribution in [0.15, 0.2) is 48.7 Å². The first kappa shape index (κ1) is 22.8. The molecule has 0 radical (unpaired) electrons. The molecule has 7 heteroatoms. The fraction of sp³-hybridized carbons (Fsp3) is 0.333. The Balaban J connectivity index is 1.52. The van der Waals surface area contributed by atoms with E-state index < -0.39 is 0 Å². The Morgan fingerprint density at radius 3 is 2.74 bits per heavy atom. The van der Waals surface area contributed by atoms with Crippen molar-refractivity contribution in [3.8, 4) is 11.5 Å². The van der Waals surface area contributed by atoms with Gasteiger partial charge in [0.15, 0.2) is 16.6 Å². The number of thiazole rings is 1. The number of aromatic nitrogens is 1. The first-order valence-electron chi connectivity index (χ1n) is 10.2. The number of benzene rings is 2. The summed E-state index contributed by atoms with van der Waals surface area (Å²) in [6, 6.07) is 14.2. The van der Waals surface area contributed by atoms with Crippen molar-refractivity contribution in [1.29, 1.82) is 0 Å². The van der Waals surface area contributed by atoms with E-state index >= 15 is 0 Å². The van der Waals surface area contributed by atoms with E-state index in [0.29, 0.717) is 24.0 Å². The fourth-order valence-corrected chi connectivity index (χ4v) is 4.19. The molecule has 0 aliphatic rings. The number of ether oxygens (including phenoxy) is 2. The van der Waals surface area contributed by atoms with Crippen LogP contribution in [0, 0.1) is 6.92 Å². The van der Waals surface area contributed by atoms with Crippen LogP contribution < -0.4 is 14.8 Å². The summed E-state index contributed by atoms with van der Waals surface area (Å²) in [6.45, 7) is 5.49. The van der Waals surface area contributed by atoms with E-state index in [9.17, 15) is 4.79 Å². The van der Waals surface area contributed by atoms with Crippen molar-refractivity contribution in [2.24, 2.45) is 0 Å². The normalized spacial score (nSPS) is 10.9. The number of nitrogens with one attached hydrogen (secondary N) is 1. The predicted octanol–water partition coefficient (Wildman–Crippen LogP) is 4.52. The molecule has 6 nitrogen and oxygen atoms in total. The minimum absolute atomic E-state index is 0.0862. The van der Waals surface area contributed by atoms with Gasteiger partial charge in [-0.2, -0.15) is 0 Å². The third-order valence-electron chi connectivity index (χ3n) is 4.65. The molecular weight excluding hydrogens is 410 g/mol. The molecule has 0 saturated heterocycles. The van der Waals surface area contributed by atoms with Crippen LogP contribution in [-0.2, 0) is 17.8 Å². The number of methoxy groups -OCH3 is 1. The summed E-state index contributed by atoms with van der Waals surface area (Å²) in [5.74, 6) is 1.33. The molecule has 31 heavy (non-hydrogen) atoms. The SMILES string of the molecule is CCOc1ccc(CN(C)CC(=O)Nc2ncc(Cc3cccc(C)c3)s2)cc1OC. The van der Waals surface area contributed by atoms with Gasteiger partial charge in [0, 0.05) is 24.0 Å². The van der Waals surface area contributed by atoms with Crippen molar-refractivity contribution >= 4 is 22.4 Å². The molecule has 2 aromatic carbocycles. The number of hydrogen-bond donors (Lipinski definition) is 1. The van der Waals surface area contributed by atoms with Crippen LogP contribution in [-0.4, -0.2) is 43.1 Å². The molecule has 0 spiro atoms. The van der Waals surface area contributed by atoms with E-state index in [1.165, 1.54) is 22.5 Å². The fourth-order valence-electron chi connectivity index (χ4n) is 3.33. The third kappa shape index (κ3) is 6.80. The molecule has 3 rings (SSSR count). The molecule has 0 aliphatic heterocycles. The minimum Gasteiger partial charge on any atom is -0.493 e. The lowest BCUT2D eigenvalue weighted by Crippen LogP contribution is -2.29. The maximum atomic E-state index is 12.5. The Morgan fingerprint density at radius 1 is 1.16 bits per heavy atom. The minimum atomic E-state index is -0.0862. The Hall–Kier alpha value is -2.90. The topological polar surface area (TPSA) is 63.7 Å². The van der Waals surface area contributed by atoms with Gasteiger partial charge in [0.2, 0.25) is 5.91 Å². The third-order valence-corrected chi connectivity index (χ3v) is 5.57. The summed E-state index contributed by atoms with van der Waals surface area (Å²) >= 11 is 1.51. The van der Waals surface area contributed by atoms with E-state index in [0.717, 1.165) is 22.6 Å². The molecule has 1 heterocycles. The van der Waals surface area contributed by atoms with Crippen molar-refractivity contribution in [3.63, 3.8) is 0 Å². The Labute approximate surface area is 187 Å². The highest BCUT2D eigenvalue weighted by atomic mass is 32.1. The molecule has 1 N–H and O–H groups in total. The second-order valence-corrected chi connectivity index (χ2v) is 8.55. The summed E-state index contributed by atoms with van der Waals surface area (Å²) in [4.78, 5) is 19.9. The Kier molecular flexibility index (Phi) is 8.03. The van der Waals surface area contributed by atoms with Gasteiger partial charge in [0.25, 0.3) is 0 Å². The maximum absolute atomic E-state index is 12.5. The summed E-state index contributed by atoms with van der Waals surface area (Å²) in [7, 11) is 3.54. The number of hydrogen-bond acceptors (Lipinski definition) is 6. The standard InChI is InChI=1S/C24H29N3O3S/c1-5-30-21-10-9-19(13-22(21)29-4)15-27(3)16-23(28)26-24-25-14-20(31-24)12-18-8-6-7-17(2)11-18/h6-11,13-14H,5,12,15-16H2,1-4H3,(H,25,26,28). The van der Waals surface area contributed by atoms with Crippen LogP contribution in [0.25, 0.3) is 0 Å². The van der Waals surface area contributed by atoms with Crippen LogP contribution in [0.3, 0.4) is 0 Å². The number of aryl methyl sites for hydroxylation is 1. The molecule has 0 aliphatic carbocycles. The second kappa shape index (κ2) is 10.9. The molecule has 0 fully saturated rings. The van der Waals surface area contributed by atoms with Gasteiger partial charge < -0.3 is 14.8 Å². The van der Waals surface area contributed by atoms with Gasteiger partial charge in [0.05, 0.1) is 20.3 Å². The van der Waals surface area contributed by atoms with E-state index in [4.69, 9.17) is 9.47 Å². The molecule has 0 saturated carbocycles. The quantitative estimate of drug-likeness (QED) is 0.503. The first-order valence-corrected chi connectivity index (χ1v) is 11.1. The molecule has 1 aromatic heterocycles. The van der Waals surface area contributed by atoms with E-state index in [2.05, 4.69) is 41.5 Å². The number of carbonyl (C=O) groups is 1. The van der Waals surface area contributed by atoms with Gasteiger partial charge in [-0.25, -0.2) is 4.98 Å². The van der Waals surface area contributed by atoms with Gasteiger partial charge in [-0.1, -0.05) is 35.9 Å². The van der Waals surface area contributed by atoms with Crippen molar-refractivity contribution in [2.75, 3.05) is 32.6 Å². The number of likely N-dealkylation sites (N-methyl/N-ethyl adjacent to an activating group) is 1. The van der Waals surface area contributed by atoms with Crippen LogP contribution >= 0.6 is 11.3 Å². The predicted molar refractivity (Wildman–Crippen MR) is 125 cm³/mol. The average Bonchev–Trinajstić information content (AvgIpc) is 3.15. The molecule has 164 valence electrons. The number of nitrogens with zero attached hydrogens (tertiary/aromatic N) is 2. The summed E-state index contributed by atoms with van der Waals surface area (Å²) in [5.41, 5.74) is 3.53. The highest BCUT2D eigenvalue weighted by Crippen LogP contribution is 2.28. The van der Waals surface area contributed by atoms with E-state index in [1.54, 1.807) is 7.11 Å². The van der Waals surface area contributed by atoms with Gasteiger partial charge in [-0.05, 0) is 44.2 Å². The van der Waals surface area contributed by atoms with E-state index in [-0.39, 0.29) is 12.5 Å².